The summed E-state index contributed by atoms with van der Waals surface area (Å²) in [6.07, 6.45) is 0.384. The number of hydrogen-bond donors (Lipinski definition) is 1. The third-order valence-electron chi connectivity index (χ3n) is 3.59. The molecule has 0 aromatic carbocycles. The first kappa shape index (κ1) is 16.5. The summed E-state index contributed by atoms with van der Waals surface area (Å²) in [5.74, 6) is 0.144. The van der Waals surface area contributed by atoms with Crippen molar-refractivity contribution in [1.82, 2.24) is 15.1 Å². The van der Waals surface area contributed by atoms with Gasteiger partial charge in [-0.1, -0.05) is 11.6 Å². The molecule has 1 aromatic rings. The maximum absolute atomic E-state index is 12.2. The van der Waals surface area contributed by atoms with E-state index in [2.05, 4.69) is 10.4 Å². The molecule has 1 aliphatic heterocycles. The minimum Gasteiger partial charge on any atom is -0.312 e. The van der Waals surface area contributed by atoms with Crippen LogP contribution in [-0.2, 0) is 27.6 Å². The predicted molar refractivity (Wildman–Crippen MR) is 81.4 cm³/mol. The molecule has 1 unspecified atom stereocenters. The number of ketones is 1. The van der Waals surface area contributed by atoms with Gasteiger partial charge in [0.2, 0.25) is 0 Å². The molecule has 2 heterocycles. The summed E-state index contributed by atoms with van der Waals surface area (Å²) < 4.78 is 24.9. The highest BCUT2D eigenvalue weighted by molar-refractivity contribution is 7.91. The molecule has 1 aromatic heterocycles. The molecule has 1 saturated heterocycles. The fourth-order valence-electron chi connectivity index (χ4n) is 2.57. The Morgan fingerprint density at radius 3 is 2.86 bits per heavy atom. The Morgan fingerprint density at radius 2 is 2.24 bits per heavy atom. The van der Waals surface area contributed by atoms with Crippen molar-refractivity contribution >= 4 is 27.2 Å². The SMILES string of the molecule is CCn1nc(C)c(Cl)c1CC(=O)CC1CS(=O)(=O)CCN1. The number of aryl methyl sites for hydroxylation is 2. The van der Waals surface area contributed by atoms with Crippen LogP contribution < -0.4 is 5.32 Å². The maximum atomic E-state index is 12.2. The van der Waals surface area contributed by atoms with Crippen LogP contribution >= 0.6 is 11.6 Å². The Kier molecular flexibility index (Phi) is 5.06. The normalized spacial score (nSPS) is 21.4. The van der Waals surface area contributed by atoms with Crippen LogP contribution in [0.1, 0.15) is 24.7 Å². The molecule has 1 N–H and O–H groups in total. The number of nitrogens with zero attached hydrogens (tertiary/aromatic N) is 2. The number of carbonyl (C=O) groups excluding carboxylic acids is 1. The molecule has 1 fully saturated rings. The monoisotopic (exact) mass is 333 g/mol. The Balaban J connectivity index is 2.02. The Hall–Kier alpha value is -0.920. The van der Waals surface area contributed by atoms with Crippen LogP contribution in [0.2, 0.25) is 5.02 Å². The average Bonchev–Trinajstić information content (AvgIpc) is 2.65. The first-order valence-corrected chi connectivity index (χ1v) is 9.19. The number of carbonyl (C=O) groups is 1. The quantitative estimate of drug-likeness (QED) is 0.860. The van der Waals surface area contributed by atoms with Gasteiger partial charge in [0.15, 0.2) is 9.84 Å². The Bertz CT molecular complexity index is 639. The number of aromatic nitrogens is 2. The lowest BCUT2D eigenvalue weighted by atomic mass is 10.1. The van der Waals surface area contributed by atoms with Crippen LogP contribution in [0.25, 0.3) is 0 Å². The highest BCUT2D eigenvalue weighted by atomic mass is 35.5. The lowest BCUT2D eigenvalue weighted by molar-refractivity contribution is -0.118. The second kappa shape index (κ2) is 6.46. The molecule has 0 aliphatic carbocycles. The van der Waals surface area contributed by atoms with Crippen LogP contribution in [-0.4, -0.2) is 48.1 Å². The Morgan fingerprint density at radius 1 is 1.52 bits per heavy atom. The van der Waals surface area contributed by atoms with Gasteiger partial charge in [-0.25, -0.2) is 8.42 Å². The van der Waals surface area contributed by atoms with Crippen LogP contribution in [0.15, 0.2) is 0 Å². The summed E-state index contributed by atoms with van der Waals surface area (Å²) in [6.45, 7) is 4.79. The molecule has 1 aliphatic rings. The molecule has 118 valence electrons. The van der Waals surface area contributed by atoms with E-state index < -0.39 is 9.84 Å². The molecule has 0 saturated carbocycles. The van der Waals surface area contributed by atoms with Crippen LogP contribution in [0.3, 0.4) is 0 Å². The van der Waals surface area contributed by atoms with Crippen molar-refractivity contribution in [3.05, 3.63) is 16.4 Å². The number of nitrogens with one attached hydrogen (secondary N) is 1. The van der Waals surface area contributed by atoms with Crippen molar-refractivity contribution in [2.45, 2.75) is 39.3 Å². The number of rotatable bonds is 5. The van der Waals surface area contributed by atoms with E-state index in [1.165, 1.54) is 0 Å². The Labute approximate surface area is 129 Å². The zero-order valence-electron chi connectivity index (χ0n) is 12.2. The molecule has 0 radical (unpaired) electrons. The van der Waals surface area contributed by atoms with E-state index in [0.717, 1.165) is 0 Å². The summed E-state index contributed by atoms with van der Waals surface area (Å²) in [6, 6.07) is -0.297. The number of halogens is 1. The molecule has 6 nitrogen and oxygen atoms in total. The smallest absolute Gasteiger partial charge is 0.153 e. The lowest BCUT2D eigenvalue weighted by Crippen LogP contribution is -2.46. The minimum absolute atomic E-state index is 0.0263. The van der Waals surface area contributed by atoms with Crippen molar-refractivity contribution in [2.75, 3.05) is 18.1 Å². The van der Waals surface area contributed by atoms with E-state index in [9.17, 15) is 13.2 Å². The molecule has 0 amide bonds. The van der Waals surface area contributed by atoms with Gasteiger partial charge in [0.25, 0.3) is 0 Å². The standard InChI is InChI=1S/C13H20ClN3O3S/c1-3-17-12(13(14)9(2)16-17)7-11(18)6-10-8-21(19,20)5-4-15-10/h10,15H,3-8H2,1-2H3. The van der Waals surface area contributed by atoms with E-state index in [1.54, 1.807) is 11.6 Å². The summed E-state index contributed by atoms with van der Waals surface area (Å²) in [7, 11) is -3.03. The molecular weight excluding hydrogens is 314 g/mol. The van der Waals surface area contributed by atoms with Gasteiger partial charge >= 0.3 is 0 Å². The number of Topliss-reactive ketones (excluding diaryl/α,β-unsaturated/α-hetero) is 1. The molecular formula is C13H20ClN3O3S. The first-order valence-electron chi connectivity index (χ1n) is 6.99. The average molecular weight is 334 g/mol. The highest BCUT2D eigenvalue weighted by Gasteiger charge is 2.26. The van der Waals surface area contributed by atoms with Gasteiger partial charge in [-0.15, -0.1) is 0 Å². The maximum Gasteiger partial charge on any atom is 0.153 e. The summed E-state index contributed by atoms with van der Waals surface area (Å²) in [5, 5.41) is 7.88. The fraction of sp³-hybridized carbons (Fsp3) is 0.692. The van der Waals surface area contributed by atoms with Crippen molar-refractivity contribution in [3.8, 4) is 0 Å². The second-order valence-corrected chi connectivity index (χ2v) is 7.95. The number of hydrogen-bond acceptors (Lipinski definition) is 5. The van der Waals surface area contributed by atoms with Crippen molar-refractivity contribution in [1.29, 1.82) is 0 Å². The lowest BCUT2D eigenvalue weighted by Gasteiger charge is -2.23. The molecule has 8 heteroatoms. The largest absolute Gasteiger partial charge is 0.312 e. The van der Waals surface area contributed by atoms with Crippen LogP contribution in [0, 0.1) is 6.92 Å². The zero-order chi connectivity index (χ0) is 15.6. The van der Waals surface area contributed by atoms with E-state index in [1.807, 2.05) is 6.92 Å². The zero-order valence-corrected chi connectivity index (χ0v) is 13.8. The van der Waals surface area contributed by atoms with Crippen LogP contribution in [0.4, 0.5) is 0 Å². The summed E-state index contributed by atoms with van der Waals surface area (Å²) in [4.78, 5) is 12.2. The first-order chi connectivity index (χ1) is 9.82. The van der Waals surface area contributed by atoms with E-state index in [4.69, 9.17) is 11.6 Å². The van der Waals surface area contributed by atoms with Gasteiger partial charge in [0.1, 0.15) is 5.78 Å². The third kappa shape index (κ3) is 4.05. The van der Waals surface area contributed by atoms with Gasteiger partial charge in [-0.05, 0) is 13.8 Å². The number of sulfone groups is 1. The van der Waals surface area contributed by atoms with E-state index >= 15 is 0 Å². The molecule has 1 atom stereocenters. The van der Waals surface area contributed by atoms with E-state index in [-0.39, 0.29) is 36.2 Å². The third-order valence-corrected chi connectivity index (χ3v) is 5.82. The fourth-order valence-corrected chi connectivity index (χ4v) is 4.22. The summed E-state index contributed by atoms with van der Waals surface area (Å²) >= 11 is 6.18. The van der Waals surface area contributed by atoms with Gasteiger partial charge in [0, 0.05) is 32.0 Å². The van der Waals surface area contributed by atoms with Gasteiger partial charge < -0.3 is 5.32 Å². The van der Waals surface area contributed by atoms with Crippen molar-refractivity contribution in [2.24, 2.45) is 0 Å². The molecule has 2 rings (SSSR count). The van der Waals surface area contributed by atoms with Gasteiger partial charge in [-0.3, -0.25) is 9.48 Å². The topological polar surface area (TPSA) is 81.1 Å². The molecule has 0 bridgehead atoms. The molecule has 21 heavy (non-hydrogen) atoms. The predicted octanol–water partition coefficient (Wildman–Crippen LogP) is 0.753. The summed E-state index contributed by atoms with van der Waals surface area (Å²) in [5.41, 5.74) is 1.42. The minimum atomic E-state index is -3.03. The highest BCUT2D eigenvalue weighted by Crippen LogP contribution is 2.21. The van der Waals surface area contributed by atoms with Crippen molar-refractivity contribution in [3.63, 3.8) is 0 Å². The van der Waals surface area contributed by atoms with Gasteiger partial charge in [-0.2, -0.15) is 5.10 Å². The van der Waals surface area contributed by atoms with Crippen molar-refractivity contribution < 1.29 is 13.2 Å². The van der Waals surface area contributed by atoms with Crippen LogP contribution in [0.5, 0.6) is 0 Å². The molecule has 0 spiro atoms. The van der Waals surface area contributed by atoms with E-state index in [0.29, 0.717) is 29.5 Å². The second-order valence-electron chi connectivity index (χ2n) is 5.35. The van der Waals surface area contributed by atoms with Gasteiger partial charge in [0.05, 0.1) is 27.9 Å².